The first-order valence-corrected chi connectivity index (χ1v) is 7.80. The molecular formula is C12H27AgO4S. The molecule has 0 saturated heterocycles. The standard InChI is InChI=1S/C12H25.Ag.H2O4S/c1-3-5-7-9-11-12-10-8-6-4-2;;1-5(2,3)4/h1,3-12H2,2H3;;(H2,1,2,3,4)/q-1;+1;. The normalized spacial score (nSPS) is 10.2. The van der Waals surface area contributed by atoms with Gasteiger partial charge in [0.1, 0.15) is 0 Å². The van der Waals surface area contributed by atoms with Crippen molar-refractivity contribution in [3.8, 4) is 0 Å². The summed E-state index contributed by atoms with van der Waals surface area (Å²) < 4.78 is 31.6. The molecule has 0 heterocycles. The van der Waals surface area contributed by atoms with E-state index in [9.17, 15) is 0 Å². The molecule has 18 heavy (non-hydrogen) atoms. The Labute approximate surface area is 128 Å². The van der Waals surface area contributed by atoms with Gasteiger partial charge in [-0.15, -0.1) is 0 Å². The summed E-state index contributed by atoms with van der Waals surface area (Å²) in [5, 5.41) is 0. The van der Waals surface area contributed by atoms with E-state index in [0.29, 0.717) is 0 Å². The van der Waals surface area contributed by atoms with Gasteiger partial charge < -0.3 is 6.92 Å². The molecule has 0 aliphatic carbocycles. The summed E-state index contributed by atoms with van der Waals surface area (Å²) >= 11 is 0. The minimum Gasteiger partial charge on any atom is -0.343 e. The largest absolute Gasteiger partial charge is 1.00 e. The predicted octanol–water partition coefficient (Wildman–Crippen LogP) is 4.09. The van der Waals surface area contributed by atoms with Crippen LogP contribution in [0.1, 0.15) is 71.1 Å². The van der Waals surface area contributed by atoms with Crippen molar-refractivity contribution in [1.29, 1.82) is 0 Å². The molecule has 0 fully saturated rings. The molecule has 6 heteroatoms. The van der Waals surface area contributed by atoms with E-state index >= 15 is 0 Å². The molecule has 0 saturated carbocycles. The van der Waals surface area contributed by atoms with Crippen molar-refractivity contribution in [3.05, 3.63) is 6.92 Å². The monoisotopic (exact) mass is 374 g/mol. The summed E-state index contributed by atoms with van der Waals surface area (Å²) in [5.41, 5.74) is 0. The molecule has 2 N–H and O–H groups in total. The van der Waals surface area contributed by atoms with Gasteiger partial charge in [0.25, 0.3) is 0 Å². The first-order valence-electron chi connectivity index (χ1n) is 6.41. The molecular weight excluding hydrogens is 348 g/mol. The van der Waals surface area contributed by atoms with E-state index in [1.54, 1.807) is 0 Å². The van der Waals surface area contributed by atoms with Gasteiger partial charge in [0.2, 0.25) is 0 Å². The third kappa shape index (κ3) is 43.8. The van der Waals surface area contributed by atoms with Crippen LogP contribution in [0.5, 0.6) is 0 Å². The van der Waals surface area contributed by atoms with E-state index in [4.69, 9.17) is 17.5 Å². The van der Waals surface area contributed by atoms with Crippen molar-refractivity contribution >= 4 is 10.4 Å². The summed E-state index contributed by atoms with van der Waals surface area (Å²) in [4.78, 5) is 0. The van der Waals surface area contributed by atoms with Crippen LogP contribution in [0.2, 0.25) is 0 Å². The quantitative estimate of drug-likeness (QED) is 0.276. The maximum absolute atomic E-state index is 8.74. The average molecular weight is 375 g/mol. The molecule has 0 atom stereocenters. The van der Waals surface area contributed by atoms with Crippen LogP contribution >= 0.6 is 0 Å². The fourth-order valence-corrected chi connectivity index (χ4v) is 1.49. The van der Waals surface area contributed by atoms with Crippen LogP contribution in [0, 0.1) is 6.92 Å². The van der Waals surface area contributed by atoms with E-state index < -0.39 is 10.4 Å². The van der Waals surface area contributed by atoms with E-state index in [1.165, 1.54) is 57.8 Å². The molecule has 0 rings (SSSR count). The molecule has 0 radical (unpaired) electrons. The average Bonchev–Trinajstić information content (AvgIpc) is 2.20. The van der Waals surface area contributed by atoms with E-state index in [1.807, 2.05) is 0 Å². The van der Waals surface area contributed by atoms with Gasteiger partial charge in [-0.3, -0.25) is 9.11 Å². The molecule has 0 aliphatic heterocycles. The molecule has 4 nitrogen and oxygen atoms in total. The van der Waals surface area contributed by atoms with Gasteiger partial charge in [-0.2, -0.15) is 14.8 Å². The van der Waals surface area contributed by atoms with Crippen LogP contribution in [0.4, 0.5) is 0 Å². The second-order valence-electron chi connectivity index (χ2n) is 4.13. The van der Waals surface area contributed by atoms with Crippen LogP contribution in [0.3, 0.4) is 0 Å². The maximum Gasteiger partial charge on any atom is 1.00 e. The number of hydrogen-bond donors (Lipinski definition) is 2. The zero-order chi connectivity index (χ0) is 13.6. The van der Waals surface area contributed by atoms with Gasteiger partial charge >= 0.3 is 32.8 Å². The van der Waals surface area contributed by atoms with Gasteiger partial charge in [-0.05, 0) is 0 Å². The summed E-state index contributed by atoms with van der Waals surface area (Å²) in [6, 6.07) is 0. The van der Waals surface area contributed by atoms with Crippen molar-refractivity contribution in [2.75, 3.05) is 0 Å². The van der Waals surface area contributed by atoms with Crippen molar-refractivity contribution in [1.82, 2.24) is 0 Å². The Balaban J connectivity index is -0.000000321. The van der Waals surface area contributed by atoms with Crippen LogP contribution < -0.4 is 0 Å². The van der Waals surface area contributed by atoms with E-state index in [2.05, 4.69) is 13.8 Å². The number of unbranched alkanes of at least 4 members (excludes halogenated alkanes) is 9. The van der Waals surface area contributed by atoms with Gasteiger partial charge in [-0.1, -0.05) is 64.7 Å². The summed E-state index contributed by atoms with van der Waals surface area (Å²) in [5.74, 6) is 0. The second-order valence-corrected chi connectivity index (χ2v) is 5.03. The zero-order valence-corrected chi connectivity index (χ0v) is 13.5. The molecule has 0 aromatic carbocycles. The second kappa shape index (κ2) is 17.6. The van der Waals surface area contributed by atoms with Gasteiger partial charge in [0, 0.05) is 0 Å². The fourth-order valence-electron chi connectivity index (χ4n) is 1.49. The minimum absolute atomic E-state index is 0. The summed E-state index contributed by atoms with van der Waals surface area (Å²) in [6.45, 7) is 6.12. The minimum atomic E-state index is -4.67. The van der Waals surface area contributed by atoms with E-state index in [-0.39, 0.29) is 22.4 Å². The van der Waals surface area contributed by atoms with Crippen molar-refractivity contribution in [2.45, 2.75) is 71.1 Å². The van der Waals surface area contributed by atoms with Crippen LogP contribution in [-0.2, 0) is 32.8 Å². The van der Waals surface area contributed by atoms with E-state index in [0.717, 1.165) is 6.42 Å². The Hall–Kier alpha value is 0.610. The van der Waals surface area contributed by atoms with Crippen LogP contribution in [-0.4, -0.2) is 17.5 Å². The summed E-state index contributed by atoms with van der Waals surface area (Å²) in [6.07, 6.45) is 13.9. The molecule has 0 aromatic heterocycles. The molecule has 0 aromatic rings. The molecule has 0 amide bonds. The smallest absolute Gasteiger partial charge is 0.343 e. The van der Waals surface area contributed by atoms with Crippen LogP contribution in [0.25, 0.3) is 0 Å². The SMILES string of the molecule is O=S(=O)(O)O.[Ag+].[CH2-]CCCCCCCCCCC. The molecule has 0 bridgehead atoms. The third-order valence-corrected chi connectivity index (χ3v) is 2.35. The van der Waals surface area contributed by atoms with Gasteiger partial charge in [-0.25, -0.2) is 0 Å². The van der Waals surface area contributed by atoms with Crippen LogP contribution in [0.15, 0.2) is 0 Å². The predicted molar refractivity (Wildman–Crippen MR) is 71.4 cm³/mol. The van der Waals surface area contributed by atoms with Gasteiger partial charge in [0.05, 0.1) is 0 Å². The zero-order valence-electron chi connectivity index (χ0n) is 11.2. The Morgan fingerprint density at radius 3 is 1.39 bits per heavy atom. The Kier molecular flexibility index (Phi) is 23.2. The first-order chi connectivity index (χ1) is 7.91. The van der Waals surface area contributed by atoms with Gasteiger partial charge in [0.15, 0.2) is 0 Å². The molecule has 0 spiro atoms. The third-order valence-electron chi connectivity index (χ3n) is 2.35. The first kappa shape index (κ1) is 23.7. The Bertz CT molecular complexity index is 212. The molecule has 0 aliphatic rings. The Morgan fingerprint density at radius 2 is 1.11 bits per heavy atom. The number of rotatable bonds is 9. The number of hydrogen-bond acceptors (Lipinski definition) is 2. The topological polar surface area (TPSA) is 74.6 Å². The van der Waals surface area contributed by atoms with Crippen molar-refractivity contribution in [3.63, 3.8) is 0 Å². The summed E-state index contributed by atoms with van der Waals surface area (Å²) in [7, 11) is -4.67. The van der Waals surface area contributed by atoms with Crippen molar-refractivity contribution < 1.29 is 39.9 Å². The molecule has 0 unspecified atom stereocenters. The molecule has 116 valence electrons. The Morgan fingerprint density at radius 1 is 0.833 bits per heavy atom. The maximum atomic E-state index is 8.74. The fraction of sp³-hybridized carbons (Fsp3) is 0.917. The van der Waals surface area contributed by atoms with Crippen molar-refractivity contribution in [2.24, 2.45) is 0 Å².